The zero-order valence-corrected chi connectivity index (χ0v) is 46.1. The fourth-order valence-electron chi connectivity index (χ4n) is 5.67. The lowest BCUT2D eigenvalue weighted by Gasteiger charge is -2.32. The highest BCUT2D eigenvalue weighted by atomic mass is 32.1. The molecule has 0 spiro atoms. The van der Waals surface area contributed by atoms with Crippen LogP contribution in [0.1, 0.15) is 167 Å². The van der Waals surface area contributed by atoms with Crippen LogP contribution in [0.3, 0.4) is 0 Å². The molecule has 5 N–H and O–H groups in total. The molecule has 24 heteroatoms. The SMILES string of the molecule is CC(C)(C)OC(=O)N=C(CC(C)(C)OC(=O)NCCCCCCCN(C(=O)O)C(=NC(=O)OC(C)(C)C)N(CCOCc1cc(C(=N)NC(=O)OC(C)(C)C)cs1)C(=O)OC(C)(C)C)NC(=O)OC(C)(C)C. The maximum atomic E-state index is 13.8. The number of thiophene rings is 1. The number of rotatable bonds is 17. The van der Waals surface area contributed by atoms with Gasteiger partial charge in [0.05, 0.1) is 19.8 Å². The third-order valence-electron chi connectivity index (χ3n) is 8.24. The lowest BCUT2D eigenvalue weighted by atomic mass is 10.0. The molecule has 408 valence electrons. The smallest absolute Gasteiger partial charge is 0.437 e. The third-order valence-corrected chi connectivity index (χ3v) is 9.15. The van der Waals surface area contributed by atoms with Crippen LogP contribution in [0.2, 0.25) is 0 Å². The summed E-state index contributed by atoms with van der Waals surface area (Å²) in [5.41, 5.74) is -5.33. The number of carboxylic acid groups (broad SMARTS) is 1. The summed E-state index contributed by atoms with van der Waals surface area (Å²) in [5, 5.41) is 27.9. The third kappa shape index (κ3) is 30.0. The van der Waals surface area contributed by atoms with Crippen LogP contribution < -0.4 is 16.0 Å². The molecule has 0 saturated carbocycles. The van der Waals surface area contributed by atoms with Crippen molar-refractivity contribution in [3.63, 3.8) is 0 Å². The molecule has 0 bridgehead atoms. The predicted molar refractivity (Wildman–Crippen MR) is 271 cm³/mol. The number of hydrogen-bond donors (Lipinski definition) is 5. The number of hydrogen-bond acceptors (Lipinski definition) is 16. The first-order valence-corrected chi connectivity index (χ1v) is 24.5. The van der Waals surface area contributed by atoms with Gasteiger partial charge in [-0.25, -0.2) is 43.4 Å². The van der Waals surface area contributed by atoms with Crippen molar-refractivity contribution >= 4 is 71.6 Å². The van der Waals surface area contributed by atoms with Crippen molar-refractivity contribution in [1.29, 1.82) is 5.41 Å². The van der Waals surface area contributed by atoms with E-state index in [0.717, 1.165) is 9.80 Å². The van der Waals surface area contributed by atoms with E-state index in [1.807, 2.05) is 0 Å². The Bertz CT molecular complexity index is 2090. The first-order valence-electron chi connectivity index (χ1n) is 23.6. The molecule has 0 aliphatic rings. The number of guanidine groups is 1. The lowest BCUT2D eigenvalue weighted by Crippen LogP contribution is -2.52. The predicted octanol–water partition coefficient (Wildman–Crippen LogP) is 10.3. The Morgan fingerprint density at radius 2 is 1.11 bits per heavy atom. The molecule has 1 aromatic heterocycles. The molecule has 23 nitrogen and oxygen atoms in total. The second-order valence-electron chi connectivity index (χ2n) is 22.0. The summed E-state index contributed by atoms with van der Waals surface area (Å²) in [6.07, 6.45) is -4.63. The van der Waals surface area contributed by atoms with Gasteiger partial charge in [0, 0.05) is 35.3 Å². The summed E-state index contributed by atoms with van der Waals surface area (Å²) >= 11 is 1.26. The van der Waals surface area contributed by atoms with E-state index in [1.165, 1.54) is 11.3 Å². The number of alkyl carbamates (subject to hydrolysis) is 3. The molecule has 7 amide bonds. The summed E-state index contributed by atoms with van der Waals surface area (Å²) in [6, 6.07) is 1.64. The summed E-state index contributed by atoms with van der Waals surface area (Å²) in [7, 11) is 0. The van der Waals surface area contributed by atoms with E-state index in [0.29, 0.717) is 36.1 Å². The molecule has 0 radical (unpaired) electrons. The van der Waals surface area contributed by atoms with Crippen molar-refractivity contribution in [3.8, 4) is 0 Å². The molecule has 1 heterocycles. The van der Waals surface area contributed by atoms with Gasteiger partial charge in [0.1, 0.15) is 45.3 Å². The van der Waals surface area contributed by atoms with Gasteiger partial charge in [0.15, 0.2) is 0 Å². The van der Waals surface area contributed by atoms with Gasteiger partial charge >= 0.3 is 42.7 Å². The van der Waals surface area contributed by atoms with Gasteiger partial charge in [-0.2, -0.15) is 4.99 Å². The Morgan fingerprint density at radius 3 is 1.64 bits per heavy atom. The van der Waals surface area contributed by atoms with Crippen molar-refractivity contribution in [2.24, 2.45) is 9.98 Å². The summed E-state index contributed by atoms with van der Waals surface area (Å²) in [5.74, 6) is -0.863. The number of carbonyl (C=O) groups excluding carboxylic acids is 6. The van der Waals surface area contributed by atoms with Crippen LogP contribution in [0, 0.1) is 5.41 Å². The van der Waals surface area contributed by atoms with E-state index in [-0.39, 0.29) is 57.4 Å². The number of nitrogens with zero attached hydrogens (tertiary/aromatic N) is 4. The summed E-state index contributed by atoms with van der Waals surface area (Å²) < 4.78 is 38.3. The van der Waals surface area contributed by atoms with Gasteiger partial charge in [0.25, 0.3) is 0 Å². The number of aliphatic imine (C=N–C) groups is 2. The Balaban J connectivity index is 3.04. The fourth-order valence-corrected chi connectivity index (χ4v) is 6.48. The largest absolute Gasteiger partial charge is 0.465 e. The number of amides is 7. The van der Waals surface area contributed by atoms with Crippen LogP contribution in [-0.2, 0) is 39.8 Å². The zero-order valence-electron chi connectivity index (χ0n) is 45.3. The van der Waals surface area contributed by atoms with E-state index in [2.05, 4.69) is 25.9 Å². The minimum atomic E-state index is -1.50. The molecular weight excluding hydrogens is 961 g/mol. The Hall–Kier alpha value is -6.04. The van der Waals surface area contributed by atoms with Gasteiger partial charge in [-0.05, 0) is 137 Å². The Labute approximate surface area is 427 Å². The number of unbranched alkanes of at least 4 members (excludes halogenated alkanes) is 4. The molecule has 1 aromatic rings. The van der Waals surface area contributed by atoms with E-state index < -0.39 is 82.2 Å². The van der Waals surface area contributed by atoms with Crippen LogP contribution in [0.25, 0.3) is 0 Å². The van der Waals surface area contributed by atoms with Crippen molar-refractivity contribution in [2.45, 2.75) is 196 Å². The van der Waals surface area contributed by atoms with E-state index in [9.17, 15) is 38.7 Å². The maximum absolute atomic E-state index is 13.8. The zero-order chi connectivity index (χ0) is 55.5. The number of carbonyl (C=O) groups is 7. The standard InChI is InChI=1S/C48H80N8O15S/c1-43(2,3)66-37(58)51-33(52-38(59)67-44(4,5)6)28-48(16,17)70-36(57)50-23-21-19-18-20-22-24-55(41(62)63)35(54-40(61)69-46(10,11)12)56(42(64)71-47(13,14)15)25-26-65-29-32-27-31(30-72-32)34(49)53-39(60)68-45(7,8)9/h27,30H,18-26,28-29H2,1-17H3,(H,50,57)(H,62,63)(H2,49,53,60)(H,51,52,58,59). The first kappa shape index (κ1) is 64.0. The first-order chi connectivity index (χ1) is 32.7. The Kier molecular flexibility index (Phi) is 24.6. The molecule has 0 aliphatic carbocycles. The molecule has 0 aliphatic heterocycles. The minimum Gasteiger partial charge on any atom is -0.465 e. The number of amidine groups is 2. The van der Waals surface area contributed by atoms with E-state index in [1.54, 1.807) is 129 Å². The van der Waals surface area contributed by atoms with Crippen LogP contribution in [0.5, 0.6) is 0 Å². The van der Waals surface area contributed by atoms with Crippen LogP contribution >= 0.6 is 11.3 Å². The van der Waals surface area contributed by atoms with Crippen molar-refractivity contribution in [1.82, 2.24) is 25.8 Å². The van der Waals surface area contributed by atoms with Gasteiger partial charge in [0.2, 0.25) is 5.96 Å². The van der Waals surface area contributed by atoms with Gasteiger partial charge < -0.3 is 43.6 Å². The second-order valence-corrected chi connectivity index (χ2v) is 23.0. The monoisotopic (exact) mass is 1040 g/mol. The summed E-state index contributed by atoms with van der Waals surface area (Å²) in [4.78, 5) is 100. The highest BCUT2D eigenvalue weighted by molar-refractivity contribution is 7.10. The summed E-state index contributed by atoms with van der Waals surface area (Å²) in [6.45, 7) is 27.5. The Morgan fingerprint density at radius 1 is 0.611 bits per heavy atom. The topological polar surface area (TPSA) is 295 Å². The highest BCUT2D eigenvalue weighted by Crippen LogP contribution is 2.20. The van der Waals surface area contributed by atoms with Crippen LogP contribution in [0.15, 0.2) is 21.4 Å². The molecule has 0 aromatic carbocycles. The normalized spacial score (nSPS) is 12.7. The maximum Gasteiger partial charge on any atom is 0.437 e. The van der Waals surface area contributed by atoms with Crippen molar-refractivity contribution in [3.05, 3.63) is 21.9 Å². The van der Waals surface area contributed by atoms with Crippen molar-refractivity contribution in [2.75, 3.05) is 26.2 Å². The average molecular weight is 1040 g/mol. The van der Waals surface area contributed by atoms with Gasteiger partial charge in [-0.1, -0.05) is 19.3 Å². The quantitative estimate of drug-likeness (QED) is 0.0419. The minimum absolute atomic E-state index is 0.0189. The molecule has 0 unspecified atom stereocenters. The molecular formula is C48H80N8O15S. The molecule has 0 fully saturated rings. The van der Waals surface area contributed by atoms with Crippen LogP contribution in [-0.4, -0.2) is 135 Å². The molecule has 1 rings (SSSR count). The number of ether oxygens (including phenoxy) is 7. The lowest BCUT2D eigenvalue weighted by molar-refractivity contribution is 0.0279. The van der Waals surface area contributed by atoms with Crippen LogP contribution in [0.4, 0.5) is 33.6 Å². The fraction of sp³-hybridized carbons (Fsp3) is 0.708. The number of nitrogens with one attached hydrogen (secondary N) is 4. The van der Waals surface area contributed by atoms with E-state index in [4.69, 9.17) is 38.6 Å². The second kappa shape index (κ2) is 27.7. The van der Waals surface area contributed by atoms with Gasteiger partial charge in [-0.3, -0.25) is 16.0 Å². The molecule has 0 atom stereocenters. The molecule has 72 heavy (non-hydrogen) atoms. The van der Waals surface area contributed by atoms with E-state index >= 15 is 0 Å². The average Bonchev–Trinajstić information content (AvgIpc) is 3.61. The van der Waals surface area contributed by atoms with Crippen molar-refractivity contribution < 1.29 is 71.8 Å². The highest BCUT2D eigenvalue weighted by Gasteiger charge is 2.34. The van der Waals surface area contributed by atoms with Gasteiger partial charge in [-0.15, -0.1) is 16.3 Å². The molecule has 0 saturated heterocycles.